The normalized spacial score (nSPS) is 19.7. The van der Waals surface area contributed by atoms with Gasteiger partial charge in [0.1, 0.15) is 11.6 Å². The molecule has 9 heteroatoms. The molecule has 4 rings (SSSR count). The fourth-order valence-corrected chi connectivity index (χ4v) is 4.11. The first kappa shape index (κ1) is 23.4. The van der Waals surface area contributed by atoms with Crippen molar-refractivity contribution < 1.29 is 23.2 Å². The quantitative estimate of drug-likeness (QED) is 0.527. The highest BCUT2D eigenvalue weighted by Gasteiger charge is 2.42. The van der Waals surface area contributed by atoms with E-state index in [2.05, 4.69) is 20.8 Å². The molecule has 8 nitrogen and oxygen atoms in total. The summed E-state index contributed by atoms with van der Waals surface area (Å²) in [5, 5.41) is 9.98. The van der Waals surface area contributed by atoms with Gasteiger partial charge >= 0.3 is 0 Å². The minimum absolute atomic E-state index is 0.0109. The molecule has 2 aromatic carbocycles. The van der Waals surface area contributed by atoms with E-state index in [4.69, 9.17) is 9.26 Å². The molecule has 1 aromatic heterocycles. The minimum Gasteiger partial charge on any atom is -0.484 e. The zero-order chi connectivity index (χ0) is 24.1. The smallest absolute Gasteiger partial charge is 0.258 e. The Bertz CT molecular complexity index is 1120. The predicted molar refractivity (Wildman–Crippen MR) is 122 cm³/mol. The molecule has 1 saturated carbocycles. The van der Waals surface area contributed by atoms with E-state index >= 15 is 0 Å². The summed E-state index contributed by atoms with van der Waals surface area (Å²) in [6, 6.07) is 14.5. The molecule has 0 saturated heterocycles. The van der Waals surface area contributed by atoms with Crippen molar-refractivity contribution in [2.75, 3.05) is 6.61 Å². The van der Waals surface area contributed by atoms with Gasteiger partial charge in [-0.2, -0.15) is 4.98 Å². The van der Waals surface area contributed by atoms with E-state index in [1.54, 1.807) is 0 Å². The van der Waals surface area contributed by atoms with Crippen LogP contribution in [0.4, 0.5) is 4.39 Å². The highest BCUT2D eigenvalue weighted by atomic mass is 19.1. The fourth-order valence-electron chi connectivity index (χ4n) is 4.11. The number of benzene rings is 2. The average molecular weight is 467 g/mol. The van der Waals surface area contributed by atoms with Crippen LogP contribution in [0.3, 0.4) is 0 Å². The second-order valence-corrected chi connectivity index (χ2v) is 8.68. The second kappa shape index (κ2) is 10.5. The van der Waals surface area contributed by atoms with Crippen LogP contribution >= 0.6 is 0 Å². The van der Waals surface area contributed by atoms with Gasteiger partial charge in [-0.05, 0) is 51.0 Å². The Morgan fingerprint density at radius 3 is 2.56 bits per heavy atom. The summed E-state index contributed by atoms with van der Waals surface area (Å²) in [6.45, 7) is 3.57. The maximum Gasteiger partial charge on any atom is 0.258 e. The summed E-state index contributed by atoms with van der Waals surface area (Å²) in [5.41, 5.74) is 0.817. The van der Waals surface area contributed by atoms with Crippen LogP contribution in [0.5, 0.6) is 5.75 Å². The third-order valence-electron chi connectivity index (χ3n) is 5.69. The molecule has 1 aliphatic carbocycles. The standard InChI is InChI=1S/C25H27FN4O4/c1-15(2)27-24(32)17-12-20(25-29-23(30-34-25)16-6-4-3-5-7-16)21(13-17)28-22(31)14-33-19-10-8-18(26)9-11-19/h3-11,15,17,20-21H,12-14H2,1-2H3,(H,27,32)(H,28,31)/t17-,20-,21+/m1/s1. The van der Waals surface area contributed by atoms with E-state index in [9.17, 15) is 14.0 Å². The van der Waals surface area contributed by atoms with Crippen LogP contribution in [-0.4, -0.2) is 40.6 Å². The number of hydrogen-bond donors (Lipinski definition) is 2. The van der Waals surface area contributed by atoms with E-state index in [0.29, 0.717) is 30.3 Å². The van der Waals surface area contributed by atoms with Gasteiger partial charge in [-0.25, -0.2) is 4.39 Å². The molecule has 178 valence electrons. The zero-order valence-electron chi connectivity index (χ0n) is 19.0. The van der Waals surface area contributed by atoms with Gasteiger partial charge in [0.2, 0.25) is 17.6 Å². The van der Waals surface area contributed by atoms with E-state index in [0.717, 1.165) is 5.56 Å². The van der Waals surface area contributed by atoms with Crippen LogP contribution in [0.15, 0.2) is 59.1 Å². The third kappa shape index (κ3) is 5.78. The molecule has 3 atom stereocenters. The monoisotopic (exact) mass is 466 g/mol. The van der Waals surface area contributed by atoms with E-state index < -0.39 is 0 Å². The van der Waals surface area contributed by atoms with E-state index in [1.807, 2.05) is 44.2 Å². The number of carbonyl (C=O) groups is 2. The van der Waals surface area contributed by atoms with Gasteiger partial charge in [0, 0.05) is 23.6 Å². The van der Waals surface area contributed by atoms with Crippen LogP contribution in [-0.2, 0) is 9.59 Å². The zero-order valence-corrected chi connectivity index (χ0v) is 19.0. The predicted octanol–water partition coefficient (Wildman–Crippen LogP) is 3.46. The first-order chi connectivity index (χ1) is 16.4. The molecule has 0 bridgehead atoms. The molecule has 2 amide bonds. The summed E-state index contributed by atoms with van der Waals surface area (Å²) in [7, 11) is 0. The highest BCUT2D eigenvalue weighted by Crippen LogP contribution is 2.39. The minimum atomic E-state index is -0.384. The largest absolute Gasteiger partial charge is 0.484 e. The molecule has 0 aliphatic heterocycles. The second-order valence-electron chi connectivity index (χ2n) is 8.68. The Hall–Kier alpha value is -3.75. The lowest BCUT2D eigenvalue weighted by atomic mass is 10.0. The van der Waals surface area contributed by atoms with Crippen molar-refractivity contribution in [1.82, 2.24) is 20.8 Å². The summed E-state index contributed by atoms with van der Waals surface area (Å²) < 4.78 is 24.1. The number of hydrogen-bond acceptors (Lipinski definition) is 6. The molecular weight excluding hydrogens is 439 g/mol. The van der Waals surface area contributed by atoms with Crippen LogP contribution < -0.4 is 15.4 Å². The topological polar surface area (TPSA) is 106 Å². The molecule has 1 heterocycles. The highest BCUT2D eigenvalue weighted by molar-refractivity contribution is 5.81. The van der Waals surface area contributed by atoms with Gasteiger partial charge in [-0.1, -0.05) is 35.5 Å². The van der Waals surface area contributed by atoms with Gasteiger partial charge in [0.25, 0.3) is 5.91 Å². The van der Waals surface area contributed by atoms with Crippen molar-refractivity contribution in [2.24, 2.45) is 5.92 Å². The summed E-state index contributed by atoms with van der Waals surface area (Å²) in [6.07, 6.45) is 0.910. The van der Waals surface area contributed by atoms with E-state index in [-0.39, 0.29) is 48.2 Å². The average Bonchev–Trinajstić information content (AvgIpc) is 3.46. The number of nitrogens with one attached hydrogen (secondary N) is 2. The Morgan fingerprint density at radius 1 is 1.12 bits per heavy atom. The van der Waals surface area contributed by atoms with Gasteiger partial charge in [0.05, 0.1) is 5.92 Å². The molecular formula is C25H27FN4O4. The fraction of sp³-hybridized carbons (Fsp3) is 0.360. The molecule has 3 aromatic rings. The van der Waals surface area contributed by atoms with Gasteiger partial charge < -0.3 is 19.9 Å². The van der Waals surface area contributed by atoms with Gasteiger partial charge in [-0.15, -0.1) is 0 Å². The van der Waals surface area contributed by atoms with Crippen molar-refractivity contribution in [3.8, 4) is 17.1 Å². The van der Waals surface area contributed by atoms with Crippen LogP contribution in [0.25, 0.3) is 11.4 Å². The third-order valence-corrected chi connectivity index (χ3v) is 5.69. The van der Waals surface area contributed by atoms with Crippen molar-refractivity contribution >= 4 is 11.8 Å². The lowest BCUT2D eigenvalue weighted by Gasteiger charge is -2.18. The number of carbonyl (C=O) groups excluding carboxylic acids is 2. The lowest BCUT2D eigenvalue weighted by Crippen LogP contribution is -2.40. The Balaban J connectivity index is 1.47. The molecule has 1 fully saturated rings. The Kier molecular flexibility index (Phi) is 7.20. The van der Waals surface area contributed by atoms with Crippen LogP contribution in [0, 0.1) is 11.7 Å². The number of rotatable bonds is 8. The number of halogens is 1. The van der Waals surface area contributed by atoms with Crippen molar-refractivity contribution in [3.05, 3.63) is 66.3 Å². The molecule has 0 radical (unpaired) electrons. The van der Waals surface area contributed by atoms with Crippen LogP contribution in [0.2, 0.25) is 0 Å². The molecule has 2 N–H and O–H groups in total. The van der Waals surface area contributed by atoms with Crippen LogP contribution in [0.1, 0.15) is 38.5 Å². The maximum atomic E-state index is 13.1. The Morgan fingerprint density at radius 2 is 1.85 bits per heavy atom. The molecule has 34 heavy (non-hydrogen) atoms. The van der Waals surface area contributed by atoms with E-state index in [1.165, 1.54) is 24.3 Å². The Labute approximate surface area is 196 Å². The summed E-state index contributed by atoms with van der Waals surface area (Å²) in [4.78, 5) is 29.9. The first-order valence-electron chi connectivity index (χ1n) is 11.3. The summed E-state index contributed by atoms with van der Waals surface area (Å²) in [5.74, 6) is -0.206. The SMILES string of the molecule is CC(C)NC(=O)[C@H]1C[C@H](NC(=O)COc2ccc(F)cc2)[C@H](c2nc(-c3ccccc3)no2)C1. The van der Waals surface area contributed by atoms with Crippen molar-refractivity contribution in [3.63, 3.8) is 0 Å². The molecule has 1 aliphatic rings. The number of nitrogens with zero attached hydrogens (tertiary/aromatic N) is 2. The number of ether oxygens (including phenoxy) is 1. The first-order valence-corrected chi connectivity index (χ1v) is 11.3. The van der Waals surface area contributed by atoms with Gasteiger partial charge in [-0.3, -0.25) is 9.59 Å². The number of amides is 2. The van der Waals surface area contributed by atoms with Crippen molar-refractivity contribution in [1.29, 1.82) is 0 Å². The molecule has 0 spiro atoms. The molecule has 0 unspecified atom stereocenters. The summed E-state index contributed by atoms with van der Waals surface area (Å²) >= 11 is 0. The number of aromatic nitrogens is 2. The van der Waals surface area contributed by atoms with Gasteiger partial charge in [0.15, 0.2) is 6.61 Å². The van der Waals surface area contributed by atoms with Crippen molar-refractivity contribution in [2.45, 2.75) is 44.7 Å². The lowest BCUT2D eigenvalue weighted by molar-refractivity contribution is -0.126. The maximum absolute atomic E-state index is 13.1.